The van der Waals surface area contributed by atoms with Crippen molar-refractivity contribution in [3.8, 4) is 5.75 Å². The van der Waals surface area contributed by atoms with E-state index >= 15 is 0 Å². The van der Waals surface area contributed by atoms with Gasteiger partial charge in [0.2, 0.25) is 0 Å². The lowest BCUT2D eigenvalue weighted by Crippen LogP contribution is -2.16. The second-order valence-electron chi connectivity index (χ2n) is 7.05. The molecule has 0 saturated heterocycles. The minimum absolute atomic E-state index is 0.0212. The number of hydrogen-bond donors (Lipinski definition) is 2. The summed E-state index contributed by atoms with van der Waals surface area (Å²) in [5, 5.41) is 5.17. The van der Waals surface area contributed by atoms with Gasteiger partial charge in [-0.1, -0.05) is 22.0 Å². The van der Waals surface area contributed by atoms with Gasteiger partial charge in [0.1, 0.15) is 12.4 Å². The van der Waals surface area contributed by atoms with Gasteiger partial charge in [-0.2, -0.15) is 13.2 Å². The van der Waals surface area contributed by atoms with E-state index in [0.717, 1.165) is 12.1 Å². The van der Waals surface area contributed by atoms with E-state index in [9.17, 15) is 22.8 Å². The summed E-state index contributed by atoms with van der Waals surface area (Å²) in [5.41, 5.74) is 0.0936. The van der Waals surface area contributed by atoms with Gasteiger partial charge in [0.25, 0.3) is 11.8 Å². The normalized spacial score (nSPS) is 11.1. The lowest BCUT2D eigenvalue weighted by atomic mass is 10.1. The van der Waals surface area contributed by atoms with Crippen molar-refractivity contribution in [1.29, 1.82) is 0 Å². The van der Waals surface area contributed by atoms with Crippen molar-refractivity contribution >= 4 is 39.1 Å². The van der Waals surface area contributed by atoms with Crippen molar-refractivity contribution in [3.05, 3.63) is 87.9 Å². The molecule has 0 spiro atoms. The van der Waals surface area contributed by atoms with Crippen LogP contribution in [0.1, 0.15) is 26.3 Å². The van der Waals surface area contributed by atoms with Gasteiger partial charge in [0, 0.05) is 28.5 Å². The van der Waals surface area contributed by atoms with Crippen molar-refractivity contribution in [1.82, 2.24) is 0 Å². The largest absolute Gasteiger partial charge is 0.490 e. The van der Waals surface area contributed by atoms with Gasteiger partial charge in [-0.3, -0.25) is 9.59 Å². The number of carbonyl (C=O) groups excluding carboxylic acids is 2. The number of halogens is 4. The Balaban J connectivity index is 1.68. The second-order valence-corrected chi connectivity index (χ2v) is 7.96. The van der Waals surface area contributed by atoms with Crippen LogP contribution in [-0.2, 0) is 10.9 Å². The standard InChI is InChI=1S/C24H20BrF3N2O4/c1-33-11-12-34-21-10-7-17(25)14-20(21)23(32)29-18-8-5-15(6-9-18)22(31)30-19-4-2-3-16(13-19)24(26,27)28/h2-10,13-14H,11-12H2,1H3,(H,29,32)(H,30,31). The number of benzene rings is 3. The topological polar surface area (TPSA) is 76.7 Å². The molecule has 2 N–H and O–H groups in total. The number of ether oxygens (including phenoxy) is 2. The van der Waals surface area contributed by atoms with Gasteiger partial charge < -0.3 is 20.1 Å². The first-order valence-electron chi connectivity index (χ1n) is 9.98. The summed E-state index contributed by atoms with van der Waals surface area (Å²) in [4.78, 5) is 25.2. The fourth-order valence-electron chi connectivity index (χ4n) is 2.92. The predicted molar refractivity (Wildman–Crippen MR) is 125 cm³/mol. The summed E-state index contributed by atoms with van der Waals surface area (Å²) < 4.78 is 49.8. The highest BCUT2D eigenvalue weighted by atomic mass is 79.9. The lowest BCUT2D eigenvalue weighted by Gasteiger charge is -2.13. The van der Waals surface area contributed by atoms with E-state index < -0.39 is 23.6 Å². The highest BCUT2D eigenvalue weighted by Crippen LogP contribution is 2.31. The maximum atomic E-state index is 12.9. The predicted octanol–water partition coefficient (Wildman–Crippen LogP) is 6.00. The molecule has 0 saturated carbocycles. The number of hydrogen-bond acceptors (Lipinski definition) is 4. The highest BCUT2D eigenvalue weighted by Gasteiger charge is 2.30. The third-order valence-corrected chi connectivity index (χ3v) is 5.08. The zero-order valence-electron chi connectivity index (χ0n) is 17.9. The number of nitrogens with one attached hydrogen (secondary N) is 2. The molecule has 178 valence electrons. The number of carbonyl (C=O) groups is 2. The quantitative estimate of drug-likeness (QED) is 0.346. The van der Waals surface area contributed by atoms with E-state index in [0.29, 0.717) is 28.1 Å². The molecule has 2 amide bonds. The second kappa shape index (κ2) is 11.2. The van der Waals surface area contributed by atoms with Gasteiger partial charge in [0.05, 0.1) is 17.7 Å². The van der Waals surface area contributed by atoms with Gasteiger partial charge >= 0.3 is 6.18 Å². The van der Waals surface area contributed by atoms with E-state index in [1.807, 2.05) is 0 Å². The van der Waals surface area contributed by atoms with Gasteiger partial charge in [0.15, 0.2) is 0 Å². The van der Waals surface area contributed by atoms with Crippen LogP contribution in [0.3, 0.4) is 0 Å². The van der Waals surface area contributed by atoms with Crippen LogP contribution >= 0.6 is 15.9 Å². The van der Waals surface area contributed by atoms with Crippen LogP contribution in [0.2, 0.25) is 0 Å². The number of anilines is 2. The minimum atomic E-state index is -4.51. The Morgan fingerprint density at radius 1 is 0.882 bits per heavy atom. The van der Waals surface area contributed by atoms with Crippen molar-refractivity contribution in [3.63, 3.8) is 0 Å². The van der Waals surface area contributed by atoms with Crippen LogP contribution < -0.4 is 15.4 Å². The highest BCUT2D eigenvalue weighted by molar-refractivity contribution is 9.10. The zero-order chi connectivity index (χ0) is 24.7. The van der Waals surface area contributed by atoms with E-state index in [-0.39, 0.29) is 17.9 Å². The maximum Gasteiger partial charge on any atom is 0.416 e. The Morgan fingerprint density at radius 3 is 2.26 bits per heavy atom. The molecule has 0 aromatic heterocycles. The fourth-order valence-corrected chi connectivity index (χ4v) is 3.28. The average Bonchev–Trinajstić information content (AvgIpc) is 2.80. The minimum Gasteiger partial charge on any atom is -0.490 e. The summed E-state index contributed by atoms with van der Waals surface area (Å²) in [6.07, 6.45) is -4.51. The third kappa shape index (κ3) is 6.82. The molecule has 0 aliphatic carbocycles. The van der Waals surface area contributed by atoms with Crippen LogP contribution in [0.15, 0.2) is 71.2 Å². The molecule has 3 rings (SSSR count). The van der Waals surface area contributed by atoms with Gasteiger partial charge in [-0.25, -0.2) is 0 Å². The number of rotatable bonds is 8. The number of methoxy groups -OCH3 is 1. The van der Waals surface area contributed by atoms with Crippen molar-refractivity contribution < 1.29 is 32.2 Å². The fraction of sp³-hybridized carbons (Fsp3) is 0.167. The molecule has 0 bridgehead atoms. The average molecular weight is 537 g/mol. The first-order chi connectivity index (χ1) is 16.2. The molecular weight excluding hydrogens is 517 g/mol. The molecule has 3 aromatic rings. The molecule has 0 radical (unpaired) electrons. The summed E-state index contributed by atoms with van der Waals surface area (Å²) in [7, 11) is 1.54. The van der Waals surface area contributed by atoms with E-state index in [4.69, 9.17) is 9.47 Å². The molecule has 0 heterocycles. The number of amides is 2. The Hall–Kier alpha value is -3.37. The van der Waals surface area contributed by atoms with Crippen molar-refractivity contribution in [2.24, 2.45) is 0 Å². The van der Waals surface area contributed by atoms with Crippen LogP contribution in [-0.4, -0.2) is 32.1 Å². The molecule has 6 nitrogen and oxygen atoms in total. The SMILES string of the molecule is COCCOc1ccc(Br)cc1C(=O)Nc1ccc(C(=O)Nc2cccc(C(F)(F)F)c2)cc1. The van der Waals surface area contributed by atoms with Crippen molar-refractivity contribution in [2.45, 2.75) is 6.18 Å². The third-order valence-electron chi connectivity index (χ3n) is 4.58. The van der Waals surface area contributed by atoms with Crippen LogP contribution in [0.25, 0.3) is 0 Å². The first-order valence-corrected chi connectivity index (χ1v) is 10.8. The van der Waals surface area contributed by atoms with Crippen molar-refractivity contribution in [2.75, 3.05) is 31.0 Å². The van der Waals surface area contributed by atoms with Crippen LogP contribution in [0.4, 0.5) is 24.5 Å². The Labute approximate surface area is 202 Å². The summed E-state index contributed by atoms with van der Waals surface area (Å²) in [6.45, 7) is 0.634. The van der Waals surface area contributed by atoms with Gasteiger partial charge in [-0.15, -0.1) is 0 Å². The molecule has 0 unspecified atom stereocenters. The van der Waals surface area contributed by atoms with E-state index in [1.165, 1.54) is 36.4 Å². The Kier molecular flexibility index (Phi) is 8.30. The summed E-state index contributed by atoms with van der Waals surface area (Å²) in [6, 6.07) is 15.3. The van der Waals surface area contributed by atoms with Crippen LogP contribution in [0.5, 0.6) is 5.75 Å². The zero-order valence-corrected chi connectivity index (χ0v) is 19.5. The summed E-state index contributed by atoms with van der Waals surface area (Å²) >= 11 is 3.33. The first kappa shape index (κ1) is 25.3. The Morgan fingerprint density at radius 2 is 1.59 bits per heavy atom. The number of alkyl halides is 3. The molecular formula is C24H20BrF3N2O4. The smallest absolute Gasteiger partial charge is 0.416 e. The molecule has 0 aliphatic heterocycles. The molecule has 3 aromatic carbocycles. The monoisotopic (exact) mass is 536 g/mol. The molecule has 0 aliphatic rings. The molecule has 0 atom stereocenters. The molecule has 0 fully saturated rings. The molecule has 10 heteroatoms. The van der Waals surface area contributed by atoms with Crippen LogP contribution in [0, 0.1) is 0 Å². The summed E-state index contributed by atoms with van der Waals surface area (Å²) in [5.74, 6) is -0.622. The maximum absolute atomic E-state index is 12.9. The van der Waals surface area contributed by atoms with E-state index in [2.05, 4.69) is 26.6 Å². The van der Waals surface area contributed by atoms with Gasteiger partial charge in [-0.05, 0) is 60.7 Å². The molecule has 34 heavy (non-hydrogen) atoms. The Bertz CT molecular complexity index is 1170. The van der Waals surface area contributed by atoms with E-state index in [1.54, 1.807) is 25.3 Å². The lowest BCUT2D eigenvalue weighted by molar-refractivity contribution is -0.137.